The van der Waals surface area contributed by atoms with Crippen molar-refractivity contribution in [1.29, 1.82) is 0 Å². The third-order valence-electron chi connectivity index (χ3n) is 1.84. The van der Waals surface area contributed by atoms with E-state index in [1.165, 1.54) is 0 Å². The zero-order valence-electron chi connectivity index (χ0n) is 8.11. The Balaban J connectivity index is 3.00. The quantitative estimate of drug-likeness (QED) is 0.566. The van der Waals surface area contributed by atoms with Gasteiger partial charge in [-0.15, -0.1) is 12.3 Å². The Bertz CT molecular complexity index is 343. The number of aliphatic hydroxyl groups is 1. The van der Waals surface area contributed by atoms with Crippen LogP contribution in [0, 0.1) is 0 Å². The molecule has 0 aliphatic heterocycles. The number of hydrogen-bond acceptors (Lipinski definition) is 1. The van der Waals surface area contributed by atoms with Crippen LogP contribution in [0.15, 0.2) is 54.8 Å². The molecule has 0 saturated heterocycles. The molecule has 0 spiro atoms. The van der Waals surface area contributed by atoms with E-state index in [0.717, 1.165) is 17.6 Å². The first-order valence-electron chi connectivity index (χ1n) is 4.59. The lowest BCUT2D eigenvalue weighted by Crippen LogP contribution is -1.80. The summed E-state index contributed by atoms with van der Waals surface area (Å²) >= 11 is 0. The molecule has 0 aliphatic carbocycles. The smallest absolute Gasteiger partial charge is 0.0686 e. The zero-order valence-corrected chi connectivity index (χ0v) is 8.11. The Kier molecular flexibility index (Phi) is 4.49. The maximum Gasteiger partial charge on any atom is 0.0686 e. The lowest BCUT2D eigenvalue weighted by atomic mass is 10.0. The second kappa shape index (κ2) is 5.98. The Morgan fingerprint density at radius 1 is 1.36 bits per heavy atom. The molecule has 0 radical (unpaired) electrons. The summed E-state index contributed by atoms with van der Waals surface area (Å²) in [4.78, 5) is 0. The summed E-state index contributed by atoms with van der Waals surface area (Å²) < 4.78 is 0. The number of aliphatic hydroxyl groups excluding tert-OH is 1. The van der Waals surface area contributed by atoms with Gasteiger partial charge in [-0.1, -0.05) is 36.4 Å². The molecule has 0 saturated carbocycles. The van der Waals surface area contributed by atoms with Gasteiger partial charge in [-0.05, 0) is 18.1 Å². The molecule has 0 fully saturated rings. The predicted molar refractivity (Wildman–Crippen MR) is 59.8 cm³/mol. The molecule has 1 nitrogen and oxygen atoms in total. The first kappa shape index (κ1) is 10.5. The number of benzene rings is 1. The lowest BCUT2D eigenvalue weighted by Gasteiger charge is -2.00. The molecule has 1 aromatic rings. The first-order valence-corrected chi connectivity index (χ1v) is 4.59. The minimum atomic E-state index is 0.0213. The van der Waals surface area contributed by atoms with Crippen molar-refractivity contribution in [3.05, 3.63) is 60.4 Å². The van der Waals surface area contributed by atoms with Crippen LogP contribution in [0.2, 0.25) is 0 Å². The third kappa shape index (κ3) is 3.06. The average molecular weight is 186 g/mol. The fraction of sp³-hybridized carbons (Fsp3) is 0.154. The van der Waals surface area contributed by atoms with Crippen LogP contribution < -0.4 is 0 Å². The van der Waals surface area contributed by atoms with Gasteiger partial charge in [-0.2, -0.15) is 0 Å². The maximum atomic E-state index is 8.67. The van der Waals surface area contributed by atoms with E-state index in [1.54, 1.807) is 6.08 Å². The largest absolute Gasteiger partial charge is 0.392 e. The van der Waals surface area contributed by atoms with E-state index in [0.29, 0.717) is 0 Å². The highest BCUT2D eigenvalue weighted by molar-refractivity contribution is 5.65. The highest BCUT2D eigenvalue weighted by Crippen LogP contribution is 2.16. The topological polar surface area (TPSA) is 20.2 Å². The van der Waals surface area contributed by atoms with Crippen molar-refractivity contribution >= 4 is 5.57 Å². The molecular weight excluding hydrogens is 172 g/mol. The molecule has 0 bridgehead atoms. The molecule has 1 heteroatoms. The van der Waals surface area contributed by atoms with Crippen LogP contribution in [-0.2, 0) is 0 Å². The van der Waals surface area contributed by atoms with Gasteiger partial charge in [0.25, 0.3) is 0 Å². The van der Waals surface area contributed by atoms with Gasteiger partial charge in [0, 0.05) is 5.57 Å². The number of hydrogen-bond donors (Lipinski definition) is 1. The Labute approximate surface area is 84.7 Å². The summed E-state index contributed by atoms with van der Waals surface area (Å²) in [6, 6.07) is 10.00. The molecule has 0 amide bonds. The fourth-order valence-electron chi connectivity index (χ4n) is 1.21. The molecule has 0 unspecified atom stereocenters. The molecule has 72 valence electrons. The summed E-state index contributed by atoms with van der Waals surface area (Å²) in [5, 5.41) is 8.67. The van der Waals surface area contributed by atoms with E-state index in [2.05, 4.69) is 12.3 Å². The van der Waals surface area contributed by atoms with Gasteiger partial charge in [0.15, 0.2) is 0 Å². The summed E-state index contributed by atoms with van der Waals surface area (Å²) in [5.41, 5.74) is 5.23. The van der Waals surface area contributed by atoms with E-state index in [9.17, 15) is 0 Å². The molecule has 1 aromatic carbocycles. The van der Waals surface area contributed by atoms with E-state index < -0.39 is 0 Å². The standard InChI is InChI=1S/C13H14O/c1-2-7-12(10-6-11-14)13-8-4-3-5-9-13/h2-6,8-9,14H,1,7,11H2. The summed E-state index contributed by atoms with van der Waals surface area (Å²) in [7, 11) is 0. The summed E-state index contributed by atoms with van der Waals surface area (Å²) in [6.07, 6.45) is 4.22. The molecule has 0 aliphatic rings. The van der Waals surface area contributed by atoms with Gasteiger partial charge in [-0.25, -0.2) is 0 Å². The van der Waals surface area contributed by atoms with Crippen molar-refractivity contribution in [3.8, 4) is 0 Å². The molecule has 0 aromatic heterocycles. The van der Waals surface area contributed by atoms with Crippen molar-refractivity contribution in [3.63, 3.8) is 0 Å². The average Bonchev–Trinajstić information content (AvgIpc) is 2.25. The van der Waals surface area contributed by atoms with E-state index in [4.69, 9.17) is 5.11 Å². The van der Waals surface area contributed by atoms with Gasteiger partial charge >= 0.3 is 0 Å². The van der Waals surface area contributed by atoms with E-state index in [1.807, 2.05) is 36.4 Å². The molecule has 1 N–H and O–H groups in total. The monoisotopic (exact) mass is 186 g/mol. The van der Waals surface area contributed by atoms with Crippen molar-refractivity contribution in [2.24, 2.45) is 0 Å². The number of allylic oxidation sites excluding steroid dienone is 1. The van der Waals surface area contributed by atoms with Crippen LogP contribution in [0.4, 0.5) is 0 Å². The van der Waals surface area contributed by atoms with Crippen molar-refractivity contribution in [2.45, 2.75) is 6.42 Å². The van der Waals surface area contributed by atoms with Crippen LogP contribution in [0.3, 0.4) is 0 Å². The number of rotatable bonds is 4. The maximum absolute atomic E-state index is 8.67. The van der Waals surface area contributed by atoms with E-state index in [-0.39, 0.29) is 6.61 Å². The van der Waals surface area contributed by atoms with Crippen LogP contribution in [-0.4, -0.2) is 11.7 Å². The minimum absolute atomic E-state index is 0.0213. The summed E-state index contributed by atoms with van der Waals surface area (Å²) in [5.74, 6) is 0. The van der Waals surface area contributed by atoms with Gasteiger partial charge in [0.1, 0.15) is 0 Å². The first-order chi connectivity index (χ1) is 6.88. The van der Waals surface area contributed by atoms with Crippen molar-refractivity contribution in [2.75, 3.05) is 6.61 Å². The minimum Gasteiger partial charge on any atom is -0.392 e. The molecule has 0 heterocycles. The Hall–Kier alpha value is -1.56. The zero-order chi connectivity index (χ0) is 10.2. The van der Waals surface area contributed by atoms with Crippen LogP contribution in [0.5, 0.6) is 0 Å². The van der Waals surface area contributed by atoms with Crippen molar-refractivity contribution in [1.82, 2.24) is 0 Å². The lowest BCUT2D eigenvalue weighted by molar-refractivity contribution is 0.343. The fourth-order valence-corrected chi connectivity index (χ4v) is 1.21. The Morgan fingerprint density at radius 2 is 2.07 bits per heavy atom. The normalized spacial score (nSPS) is 8.93. The molecule has 0 atom stereocenters. The second-order valence-corrected chi connectivity index (χ2v) is 2.87. The highest BCUT2D eigenvalue weighted by Gasteiger charge is 1.96. The van der Waals surface area contributed by atoms with Crippen molar-refractivity contribution < 1.29 is 5.11 Å². The van der Waals surface area contributed by atoms with Gasteiger partial charge < -0.3 is 5.11 Å². The highest BCUT2D eigenvalue weighted by atomic mass is 16.2. The Morgan fingerprint density at radius 3 is 2.64 bits per heavy atom. The molecule has 1 rings (SSSR count). The third-order valence-corrected chi connectivity index (χ3v) is 1.84. The predicted octanol–water partition coefficient (Wildman–Crippen LogP) is 2.79. The molecular formula is C13H14O. The van der Waals surface area contributed by atoms with E-state index >= 15 is 0 Å². The van der Waals surface area contributed by atoms with Crippen LogP contribution in [0.25, 0.3) is 5.57 Å². The van der Waals surface area contributed by atoms with Gasteiger partial charge in [0.2, 0.25) is 0 Å². The van der Waals surface area contributed by atoms with Gasteiger partial charge in [0.05, 0.1) is 6.61 Å². The molecule has 14 heavy (non-hydrogen) atoms. The van der Waals surface area contributed by atoms with Crippen LogP contribution >= 0.6 is 0 Å². The van der Waals surface area contributed by atoms with Crippen LogP contribution in [0.1, 0.15) is 12.0 Å². The SMILES string of the molecule is C=CCC(=C=CCO)c1ccccc1. The summed E-state index contributed by atoms with van der Waals surface area (Å²) in [6.45, 7) is 3.72. The second-order valence-electron chi connectivity index (χ2n) is 2.87. The van der Waals surface area contributed by atoms with Gasteiger partial charge in [-0.3, -0.25) is 0 Å².